The number of amides is 1. The number of hydrogen-bond acceptors (Lipinski definition) is 5. The second kappa shape index (κ2) is 7.95. The minimum Gasteiger partial charge on any atom is -0.338 e. The van der Waals surface area contributed by atoms with E-state index < -0.39 is 5.25 Å². The molecule has 0 aliphatic carbocycles. The quantitative estimate of drug-likeness (QED) is 0.417. The number of para-hydroxylation sites is 1. The van der Waals surface area contributed by atoms with Crippen LogP contribution in [0.15, 0.2) is 47.6 Å². The smallest absolute Gasteiger partial charge is 0.238 e. The molecule has 28 heavy (non-hydrogen) atoms. The maximum absolute atomic E-state index is 12.7. The Morgan fingerprint density at radius 2 is 2.00 bits per heavy atom. The van der Waals surface area contributed by atoms with Gasteiger partial charge in [0.15, 0.2) is 5.65 Å². The van der Waals surface area contributed by atoms with Crippen molar-refractivity contribution in [2.75, 3.05) is 5.32 Å². The molecule has 6 nitrogen and oxygen atoms in total. The van der Waals surface area contributed by atoms with Crippen molar-refractivity contribution < 1.29 is 4.79 Å². The van der Waals surface area contributed by atoms with Crippen molar-refractivity contribution in [3.05, 3.63) is 52.5 Å². The third-order valence-electron chi connectivity index (χ3n) is 4.22. The van der Waals surface area contributed by atoms with Gasteiger partial charge in [-0.3, -0.25) is 4.79 Å². The zero-order valence-corrected chi connectivity index (χ0v) is 17.1. The zero-order valence-electron chi connectivity index (χ0n) is 14.7. The lowest BCUT2D eigenvalue weighted by molar-refractivity contribution is -0.115. The van der Waals surface area contributed by atoms with Crippen molar-refractivity contribution in [1.82, 2.24) is 20.2 Å². The molecule has 0 bridgehead atoms. The number of carbonyl (C=O) groups excluding carboxylic acids is 1. The van der Waals surface area contributed by atoms with E-state index in [1.165, 1.54) is 11.8 Å². The third-order valence-corrected chi connectivity index (χ3v) is 6.26. The molecule has 1 amide bonds. The summed E-state index contributed by atoms with van der Waals surface area (Å²) in [5.74, 6) is -0.197. The van der Waals surface area contributed by atoms with Gasteiger partial charge < -0.3 is 10.3 Å². The first-order valence-electron chi connectivity index (χ1n) is 8.59. The Balaban J connectivity index is 1.56. The molecule has 142 valence electrons. The van der Waals surface area contributed by atoms with Crippen LogP contribution >= 0.6 is 35.0 Å². The Labute approximate surface area is 175 Å². The number of H-pyrrole nitrogens is 1. The molecule has 2 N–H and O–H groups in total. The number of aromatic nitrogens is 4. The molecule has 0 aliphatic rings. The fourth-order valence-electron chi connectivity index (χ4n) is 2.82. The lowest BCUT2D eigenvalue weighted by Crippen LogP contribution is -2.25. The van der Waals surface area contributed by atoms with Crippen molar-refractivity contribution >= 4 is 68.6 Å². The second-order valence-corrected chi connectivity index (χ2v) is 8.02. The molecule has 1 atom stereocenters. The predicted molar refractivity (Wildman–Crippen MR) is 114 cm³/mol. The summed E-state index contributed by atoms with van der Waals surface area (Å²) < 4.78 is 0. The van der Waals surface area contributed by atoms with Crippen LogP contribution in [0.4, 0.5) is 5.69 Å². The summed E-state index contributed by atoms with van der Waals surface area (Å²) in [6, 6.07) is 12.9. The van der Waals surface area contributed by atoms with Crippen molar-refractivity contribution in [2.45, 2.75) is 23.8 Å². The van der Waals surface area contributed by atoms with Gasteiger partial charge in [0.05, 0.1) is 21.0 Å². The number of anilines is 1. The topological polar surface area (TPSA) is 83.6 Å². The lowest BCUT2D eigenvalue weighted by Gasteiger charge is -2.14. The van der Waals surface area contributed by atoms with Crippen LogP contribution in [0, 0.1) is 0 Å². The summed E-state index contributed by atoms with van der Waals surface area (Å²) in [5.41, 5.74) is 2.78. The highest BCUT2D eigenvalue weighted by atomic mass is 35.5. The third kappa shape index (κ3) is 3.65. The molecular formula is C19H15Cl2N5OS. The van der Waals surface area contributed by atoms with Gasteiger partial charge in [-0.2, -0.15) is 0 Å². The van der Waals surface area contributed by atoms with Gasteiger partial charge >= 0.3 is 0 Å². The fourth-order valence-corrected chi connectivity index (χ4v) is 3.99. The Hall–Kier alpha value is -2.35. The highest BCUT2D eigenvalue weighted by Gasteiger charge is 2.21. The average molecular weight is 432 g/mol. The van der Waals surface area contributed by atoms with Crippen LogP contribution in [0.25, 0.3) is 22.1 Å². The number of aromatic amines is 1. The van der Waals surface area contributed by atoms with Gasteiger partial charge in [-0.25, -0.2) is 4.98 Å². The molecule has 4 rings (SSSR count). The van der Waals surface area contributed by atoms with Crippen LogP contribution < -0.4 is 5.32 Å². The number of benzene rings is 2. The number of rotatable bonds is 5. The van der Waals surface area contributed by atoms with Gasteiger partial charge in [-0.1, -0.05) is 66.2 Å². The Kier molecular flexibility index (Phi) is 5.39. The van der Waals surface area contributed by atoms with E-state index in [2.05, 4.69) is 25.5 Å². The van der Waals surface area contributed by atoms with Crippen LogP contribution in [0.2, 0.25) is 10.0 Å². The Morgan fingerprint density at radius 1 is 1.18 bits per heavy atom. The fraction of sp³-hybridized carbons (Fsp3) is 0.158. The number of nitrogens with zero attached hydrogens (tertiary/aromatic N) is 3. The van der Waals surface area contributed by atoms with Gasteiger partial charge in [0.1, 0.15) is 5.52 Å². The standard InChI is InChI=1S/C19H15Cl2N5OS/c1-2-14(18(27)23-13-9-5-7-11(20)15(13)21)28-19-24-17-16(25-26-19)10-6-3-4-8-12(10)22-17/h3-9,14H,2H2,1H3,(H,23,27)(H,22,24,26). The summed E-state index contributed by atoms with van der Waals surface area (Å²) in [5, 5.41) is 13.0. The van der Waals surface area contributed by atoms with E-state index in [1.807, 2.05) is 31.2 Å². The molecular weight excluding hydrogens is 417 g/mol. The maximum atomic E-state index is 12.7. The highest BCUT2D eigenvalue weighted by molar-refractivity contribution is 8.00. The molecule has 0 saturated heterocycles. The van der Waals surface area contributed by atoms with Crippen molar-refractivity contribution in [1.29, 1.82) is 0 Å². The molecule has 4 aromatic rings. The van der Waals surface area contributed by atoms with E-state index in [4.69, 9.17) is 23.2 Å². The van der Waals surface area contributed by atoms with Gasteiger partial charge in [-0.15, -0.1) is 10.2 Å². The lowest BCUT2D eigenvalue weighted by atomic mass is 10.2. The number of halogens is 2. The number of fused-ring (bicyclic) bond motifs is 3. The molecule has 2 aromatic carbocycles. The van der Waals surface area contributed by atoms with Crippen molar-refractivity contribution in [2.24, 2.45) is 0 Å². The molecule has 0 fully saturated rings. The molecule has 9 heteroatoms. The molecule has 2 heterocycles. The second-order valence-electron chi connectivity index (χ2n) is 6.07. The minimum absolute atomic E-state index is 0.197. The molecule has 2 aromatic heterocycles. The summed E-state index contributed by atoms with van der Waals surface area (Å²) >= 11 is 13.4. The van der Waals surface area contributed by atoms with Gasteiger partial charge in [0, 0.05) is 10.9 Å². The average Bonchev–Trinajstić information content (AvgIpc) is 3.07. The van der Waals surface area contributed by atoms with E-state index >= 15 is 0 Å². The predicted octanol–water partition coefficient (Wildman–Crippen LogP) is 5.32. The van der Waals surface area contributed by atoms with Gasteiger partial charge in [0.25, 0.3) is 0 Å². The van der Waals surface area contributed by atoms with E-state index in [-0.39, 0.29) is 5.91 Å². The van der Waals surface area contributed by atoms with Crippen LogP contribution in [-0.4, -0.2) is 31.3 Å². The maximum Gasteiger partial charge on any atom is 0.238 e. The van der Waals surface area contributed by atoms with Crippen LogP contribution in [-0.2, 0) is 4.79 Å². The first kappa shape index (κ1) is 19.0. The zero-order chi connectivity index (χ0) is 19.7. The van der Waals surface area contributed by atoms with E-state index in [1.54, 1.807) is 18.2 Å². The number of carbonyl (C=O) groups is 1. The molecule has 1 unspecified atom stereocenters. The van der Waals surface area contributed by atoms with Crippen LogP contribution in [0.3, 0.4) is 0 Å². The monoisotopic (exact) mass is 431 g/mol. The van der Waals surface area contributed by atoms with E-state index in [0.29, 0.717) is 38.5 Å². The molecule has 0 aliphatic heterocycles. The molecule has 0 radical (unpaired) electrons. The Morgan fingerprint density at radius 3 is 2.82 bits per heavy atom. The largest absolute Gasteiger partial charge is 0.338 e. The van der Waals surface area contributed by atoms with E-state index in [9.17, 15) is 4.79 Å². The van der Waals surface area contributed by atoms with Crippen LogP contribution in [0.5, 0.6) is 0 Å². The van der Waals surface area contributed by atoms with Gasteiger partial charge in [-0.05, 0) is 24.6 Å². The summed E-state index contributed by atoms with van der Waals surface area (Å²) in [6.07, 6.45) is 0.586. The first-order chi connectivity index (χ1) is 13.6. The normalized spacial score (nSPS) is 12.4. The number of thioether (sulfide) groups is 1. The summed E-state index contributed by atoms with van der Waals surface area (Å²) in [4.78, 5) is 20.5. The van der Waals surface area contributed by atoms with Crippen molar-refractivity contribution in [3.63, 3.8) is 0 Å². The summed E-state index contributed by atoms with van der Waals surface area (Å²) in [6.45, 7) is 1.92. The molecule has 0 saturated carbocycles. The number of nitrogens with one attached hydrogen (secondary N) is 2. The molecule has 0 spiro atoms. The van der Waals surface area contributed by atoms with E-state index in [0.717, 1.165) is 10.9 Å². The highest BCUT2D eigenvalue weighted by Crippen LogP contribution is 2.31. The van der Waals surface area contributed by atoms with Crippen molar-refractivity contribution in [3.8, 4) is 0 Å². The SMILES string of the molecule is CCC(Sc1nnc2c(n1)[nH]c1ccccc12)C(=O)Nc1cccc(Cl)c1Cl. The minimum atomic E-state index is -0.404. The van der Waals surface area contributed by atoms with Crippen LogP contribution in [0.1, 0.15) is 13.3 Å². The first-order valence-corrected chi connectivity index (χ1v) is 10.2. The Bertz CT molecular complexity index is 1180. The summed E-state index contributed by atoms with van der Waals surface area (Å²) in [7, 11) is 0. The number of hydrogen-bond donors (Lipinski definition) is 2. The van der Waals surface area contributed by atoms with Gasteiger partial charge in [0.2, 0.25) is 11.1 Å².